The summed E-state index contributed by atoms with van der Waals surface area (Å²) in [5, 5.41) is 14.1. The molecule has 5 nitrogen and oxygen atoms in total. The molecule has 0 atom stereocenters. The maximum absolute atomic E-state index is 13.0. The molecule has 0 aliphatic carbocycles. The normalized spacial score (nSPS) is 10.6. The van der Waals surface area contributed by atoms with Crippen molar-refractivity contribution < 1.29 is 14.7 Å². The van der Waals surface area contributed by atoms with Gasteiger partial charge < -0.3 is 10.4 Å². The summed E-state index contributed by atoms with van der Waals surface area (Å²) in [4.78, 5) is 25.7. The molecule has 27 heavy (non-hydrogen) atoms. The minimum atomic E-state index is -0.984. The number of rotatable bonds is 6. The minimum Gasteiger partial charge on any atom is -0.478 e. The Bertz CT molecular complexity index is 946. The fourth-order valence-corrected chi connectivity index (χ4v) is 2.97. The zero-order valence-corrected chi connectivity index (χ0v) is 15.2. The molecule has 0 aromatic heterocycles. The highest BCUT2D eigenvalue weighted by Crippen LogP contribution is 2.24. The van der Waals surface area contributed by atoms with E-state index in [0.29, 0.717) is 12.2 Å². The first-order valence-electron chi connectivity index (χ1n) is 9.00. The number of anilines is 2. The van der Waals surface area contributed by atoms with Gasteiger partial charge in [0, 0.05) is 17.6 Å². The van der Waals surface area contributed by atoms with Gasteiger partial charge in [-0.15, -0.1) is 0 Å². The number of fused-ring (bicyclic) bond motifs is 1. The highest BCUT2D eigenvalue weighted by molar-refractivity contribution is 6.07. The Balaban J connectivity index is 1.87. The van der Waals surface area contributed by atoms with Gasteiger partial charge in [0.25, 0.3) is 0 Å². The summed E-state index contributed by atoms with van der Waals surface area (Å²) in [6, 6.07) is 19.8. The predicted molar refractivity (Wildman–Crippen MR) is 109 cm³/mol. The second kappa shape index (κ2) is 8.36. The molecule has 0 saturated carbocycles. The van der Waals surface area contributed by atoms with Crippen LogP contribution in [0.1, 0.15) is 30.1 Å². The Morgan fingerprint density at radius 3 is 2.37 bits per heavy atom. The minimum absolute atomic E-state index is 0.198. The molecule has 2 amide bonds. The Labute approximate surface area is 158 Å². The van der Waals surface area contributed by atoms with E-state index in [4.69, 9.17) is 5.11 Å². The molecule has 0 bridgehead atoms. The van der Waals surface area contributed by atoms with Crippen molar-refractivity contribution in [1.82, 2.24) is 0 Å². The summed E-state index contributed by atoms with van der Waals surface area (Å²) in [5.74, 6) is -0.984. The third-order valence-electron chi connectivity index (χ3n) is 4.44. The van der Waals surface area contributed by atoms with Crippen LogP contribution >= 0.6 is 0 Å². The van der Waals surface area contributed by atoms with E-state index >= 15 is 0 Å². The first kappa shape index (κ1) is 18.5. The standard InChI is InChI=1S/C22H22N2O3/c1-2-3-15-24(18-13-11-17(12-14-18)21(25)26)22(27)23-20-10-6-8-16-7-4-5-9-19(16)20/h4-14H,2-3,15H2,1H3,(H,23,27)(H,25,26). The molecule has 0 saturated heterocycles. The summed E-state index contributed by atoms with van der Waals surface area (Å²) in [5.41, 5.74) is 1.62. The van der Waals surface area contributed by atoms with Gasteiger partial charge in [-0.1, -0.05) is 49.7 Å². The number of carbonyl (C=O) groups excluding carboxylic acids is 1. The number of urea groups is 1. The van der Waals surface area contributed by atoms with E-state index in [2.05, 4.69) is 12.2 Å². The highest BCUT2D eigenvalue weighted by Gasteiger charge is 2.17. The van der Waals surface area contributed by atoms with Gasteiger partial charge in [-0.2, -0.15) is 0 Å². The molecule has 138 valence electrons. The lowest BCUT2D eigenvalue weighted by atomic mass is 10.1. The number of unbranched alkanes of at least 4 members (excludes halogenated alkanes) is 1. The molecule has 0 aliphatic rings. The first-order chi connectivity index (χ1) is 13.1. The average molecular weight is 362 g/mol. The van der Waals surface area contributed by atoms with Crippen molar-refractivity contribution in [2.75, 3.05) is 16.8 Å². The molecule has 3 aromatic rings. The van der Waals surface area contributed by atoms with Crippen LogP contribution in [0.2, 0.25) is 0 Å². The number of carbonyl (C=O) groups is 2. The molecule has 0 fully saturated rings. The van der Waals surface area contributed by atoms with Crippen LogP contribution in [-0.4, -0.2) is 23.7 Å². The summed E-state index contributed by atoms with van der Waals surface area (Å²) >= 11 is 0. The van der Waals surface area contributed by atoms with E-state index in [9.17, 15) is 9.59 Å². The summed E-state index contributed by atoms with van der Waals surface area (Å²) < 4.78 is 0. The molecular weight excluding hydrogens is 340 g/mol. The molecule has 3 rings (SSSR count). The van der Waals surface area contributed by atoms with Gasteiger partial charge in [0.2, 0.25) is 0 Å². The Morgan fingerprint density at radius 2 is 1.67 bits per heavy atom. The van der Waals surface area contributed by atoms with Crippen molar-refractivity contribution >= 4 is 34.1 Å². The maximum Gasteiger partial charge on any atom is 0.335 e. The van der Waals surface area contributed by atoms with Crippen LogP contribution in [-0.2, 0) is 0 Å². The number of benzene rings is 3. The summed E-state index contributed by atoms with van der Waals surface area (Å²) in [6.45, 7) is 2.62. The Morgan fingerprint density at radius 1 is 0.963 bits per heavy atom. The fraction of sp³-hybridized carbons (Fsp3) is 0.182. The Kier molecular flexibility index (Phi) is 5.71. The lowest BCUT2D eigenvalue weighted by Crippen LogP contribution is -2.35. The van der Waals surface area contributed by atoms with E-state index < -0.39 is 5.97 Å². The lowest BCUT2D eigenvalue weighted by molar-refractivity contribution is 0.0697. The number of carboxylic acid groups (broad SMARTS) is 1. The third-order valence-corrected chi connectivity index (χ3v) is 4.44. The number of amides is 2. The zero-order valence-electron chi connectivity index (χ0n) is 15.2. The lowest BCUT2D eigenvalue weighted by Gasteiger charge is -2.23. The number of nitrogens with one attached hydrogen (secondary N) is 1. The van der Waals surface area contributed by atoms with Crippen LogP contribution < -0.4 is 10.2 Å². The number of hydrogen-bond acceptors (Lipinski definition) is 2. The average Bonchev–Trinajstić information content (AvgIpc) is 2.69. The molecular formula is C22H22N2O3. The van der Waals surface area contributed by atoms with Gasteiger partial charge in [0.05, 0.1) is 11.3 Å². The van der Waals surface area contributed by atoms with E-state index in [-0.39, 0.29) is 11.6 Å². The van der Waals surface area contributed by atoms with Gasteiger partial charge in [-0.3, -0.25) is 4.90 Å². The predicted octanol–water partition coefficient (Wildman–Crippen LogP) is 5.38. The van der Waals surface area contributed by atoms with Crippen molar-refractivity contribution in [1.29, 1.82) is 0 Å². The summed E-state index contributed by atoms with van der Waals surface area (Å²) in [6.07, 6.45) is 1.80. The topological polar surface area (TPSA) is 69.6 Å². The van der Waals surface area contributed by atoms with Crippen molar-refractivity contribution in [3.63, 3.8) is 0 Å². The molecule has 3 aromatic carbocycles. The second-order valence-electron chi connectivity index (χ2n) is 6.31. The van der Waals surface area contributed by atoms with Crippen molar-refractivity contribution in [3.8, 4) is 0 Å². The molecule has 2 N–H and O–H groups in total. The number of aromatic carboxylic acids is 1. The van der Waals surface area contributed by atoms with Crippen molar-refractivity contribution in [2.45, 2.75) is 19.8 Å². The number of nitrogens with zero attached hydrogens (tertiary/aromatic N) is 1. The first-order valence-corrected chi connectivity index (χ1v) is 9.00. The van der Waals surface area contributed by atoms with Crippen LogP contribution in [0.25, 0.3) is 10.8 Å². The van der Waals surface area contributed by atoms with Gasteiger partial charge in [0.15, 0.2) is 0 Å². The van der Waals surface area contributed by atoms with Crippen LogP contribution in [0.5, 0.6) is 0 Å². The van der Waals surface area contributed by atoms with Crippen LogP contribution in [0.4, 0.5) is 16.2 Å². The van der Waals surface area contributed by atoms with Crippen LogP contribution in [0, 0.1) is 0 Å². The number of carboxylic acids is 1. The van der Waals surface area contributed by atoms with Crippen LogP contribution in [0.3, 0.4) is 0 Å². The van der Waals surface area contributed by atoms with Crippen LogP contribution in [0.15, 0.2) is 66.7 Å². The maximum atomic E-state index is 13.0. The third kappa shape index (κ3) is 4.26. The molecule has 0 aliphatic heterocycles. The molecule has 0 radical (unpaired) electrons. The highest BCUT2D eigenvalue weighted by atomic mass is 16.4. The molecule has 0 unspecified atom stereocenters. The van der Waals surface area contributed by atoms with Gasteiger partial charge in [-0.05, 0) is 42.1 Å². The quantitative estimate of drug-likeness (QED) is 0.619. The fourth-order valence-electron chi connectivity index (χ4n) is 2.97. The van der Waals surface area contributed by atoms with E-state index in [1.54, 1.807) is 17.0 Å². The molecule has 0 spiro atoms. The second-order valence-corrected chi connectivity index (χ2v) is 6.31. The largest absolute Gasteiger partial charge is 0.478 e. The van der Waals surface area contributed by atoms with Gasteiger partial charge >= 0.3 is 12.0 Å². The smallest absolute Gasteiger partial charge is 0.335 e. The van der Waals surface area contributed by atoms with E-state index in [1.165, 1.54) is 12.1 Å². The van der Waals surface area contributed by atoms with E-state index in [1.807, 2.05) is 42.5 Å². The summed E-state index contributed by atoms with van der Waals surface area (Å²) in [7, 11) is 0. The number of hydrogen-bond donors (Lipinski definition) is 2. The monoisotopic (exact) mass is 362 g/mol. The van der Waals surface area contributed by atoms with Crippen molar-refractivity contribution in [3.05, 3.63) is 72.3 Å². The van der Waals surface area contributed by atoms with Gasteiger partial charge in [-0.25, -0.2) is 9.59 Å². The van der Waals surface area contributed by atoms with E-state index in [0.717, 1.165) is 29.3 Å². The van der Waals surface area contributed by atoms with Crippen molar-refractivity contribution in [2.24, 2.45) is 0 Å². The SMILES string of the molecule is CCCCN(C(=O)Nc1cccc2ccccc12)c1ccc(C(=O)O)cc1. The molecule has 0 heterocycles. The Hall–Kier alpha value is -3.34. The molecule has 5 heteroatoms. The van der Waals surface area contributed by atoms with Gasteiger partial charge in [0.1, 0.15) is 0 Å². The zero-order chi connectivity index (χ0) is 19.2.